The Balaban J connectivity index is 2.16. The number of nitrogens with one attached hydrogen (secondary N) is 1. The molecule has 0 saturated carbocycles. The molecule has 18 heavy (non-hydrogen) atoms. The van der Waals surface area contributed by atoms with Crippen molar-refractivity contribution in [1.29, 1.82) is 0 Å². The molecule has 0 aliphatic rings. The molecule has 0 saturated heterocycles. The maximum Gasteiger partial charge on any atom is 0.265 e. The van der Waals surface area contributed by atoms with Gasteiger partial charge in [-0.15, -0.1) is 0 Å². The second-order valence-electron chi connectivity index (χ2n) is 3.95. The van der Waals surface area contributed by atoms with Crippen molar-refractivity contribution in [1.82, 2.24) is 9.78 Å². The van der Waals surface area contributed by atoms with Crippen LogP contribution in [0, 0.1) is 0 Å². The monoisotopic (exact) mass is 252 g/mol. The smallest absolute Gasteiger partial charge is 0.265 e. The summed E-state index contributed by atoms with van der Waals surface area (Å²) in [5.41, 5.74) is 7.05. The Hall–Kier alpha value is -2.11. The van der Waals surface area contributed by atoms with Crippen molar-refractivity contribution in [2.24, 2.45) is 7.05 Å². The van der Waals surface area contributed by atoms with Gasteiger partial charge in [-0.2, -0.15) is 5.10 Å². The number of nitrogens with zero attached hydrogens (tertiary/aromatic N) is 2. The number of benzene rings is 1. The molecule has 4 nitrogen and oxygen atoms in total. The third-order valence-corrected chi connectivity index (χ3v) is 2.69. The van der Waals surface area contributed by atoms with Gasteiger partial charge in [0.2, 0.25) is 0 Å². The van der Waals surface area contributed by atoms with E-state index in [2.05, 4.69) is 10.4 Å². The number of rotatable bonds is 4. The van der Waals surface area contributed by atoms with Crippen LogP contribution in [0.25, 0.3) is 0 Å². The molecule has 2 aromatic rings. The molecular weight excluding hydrogens is 238 g/mol. The van der Waals surface area contributed by atoms with Crippen LogP contribution in [0.1, 0.15) is 17.7 Å². The van der Waals surface area contributed by atoms with Gasteiger partial charge in [0.15, 0.2) is 0 Å². The third kappa shape index (κ3) is 2.58. The van der Waals surface area contributed by atoms with Crippen molar-refractivity contribution in [3.63, 3.8) is 0 Å². The van der Waals surface area contributed by atoms with E-state index < -0.39 is 6.43 Å². The van der Waals surface area contributed by atoms with Crippen molar-refractivity contribution in [3.05, 3.63) is 41.7 Å². The minimum atomic E-state index is -2.55. The molecule has 3 N–H and O–H groups in total. The average molecular weight is 252 g/mol. The number of hydrogen-bond acceptors (Lipinski definition) is 3. The summed E-state index contributed by atoms with van der Waals surface area (Å²) in [6, 6.07) is 6.27. The molecule has 0 fully saturated rings. The summed E-state index contributed by atoms with van der Waals surface area (Å²) in [5, 5.41) is 6.98. The van der Waals surface area contributed by atoms with Gasteiger partial charge in [-0.3, -0.25) is 4.68 Å². The van der Waals surface area contributed by atoms with Gasteiger partial charge in [-0.05, 0) is 24.3 Å². The fourth-order valence-electron chi connectivity index (χ4n) is 1.68. The molecule has 1 aromatic carbocycles. The van der Waals surface area contributed by atoms with Gasteiger partial charge in [-0.25, -0.2) is 8.78 Å². The Morgan fingerprint density at radius 3 is 2.78 bits per heavy atom. The van der Waals surface area contributed by atoms with Crippen LogP contribution >= 0.6 is 0 Å². The van der Waals surface area contributed by atoms with Gasteiger partial charge in [0, 0.05) is 30.2 Å². The Bertz CT molecular complexity index is 537. The molecule has 2 rings (SSSR count). The van der Waals surface area contributed by atoms with Crippen LogP contribution in [0.15, 0.2) is 30.5 Å². The van der Waals surface area contributed by atoms with Crippen molar-refractivity contribution in [3.8, 4) is 0 Å². The van der Waals surface area contributed by atoms with E-state index in [1.165, 1.54) is 6.07 Å². The lowest BCUT2D eigenvalue weighted by Crippen LogP contribution is -2.07. The molecule has 1 aromatic heterocycles. The molecular formula is C12H14F2N4. The molecule has 6 heteroatoms. The molecule has 96 valence electrons. The van der Waals surface area contributed by atoms with E-state index >= 15 is 0 Å². The topological polar surface area (TPSA) is 55.9 Å². The molecule has 0 bridgehead atoms. The highest BCUT2D eigenvalue weighted by Crippen LogP contribution is 2.29. The number of hydrogen-bond donors (Lipinski definition) is 2. The van der Waals surface area contributed by atoms with Gasteiger partial charge < -0.3 is 11.1 Å². The number of nitrogens with two attached hydrogens (primary N) is 1. The van der Waals surface area contributed by atoms with Crippen LogP contribution in [0.2, 0.25) is 0 Å². The number of anilines is 2. The first-order chi connectivity index (χ1) is 8.58. The summed E-state index contributed by atoms with van der Waals surface area (Å²) in [6.07, 6.45) is -0.892. The number of aryl methyl sites for hydroxylation is 1. The first kappa shape index (κ1) is 12.3. The second-order valence-corrected chi connectivity index (χ2v) is 3.95. The van der Waals surface area contributed by atoms with Crippen LogP contribution in [-0.4, -0.2) is 9.78 Å². The summed E-state index contributed by atoms with van der Waals surface area (Å²) >= 11 is 0. The second kappa shape index (κ2) is 5.03. The van der Waals surface area contributed by atoms with Crippen LogP contribution in [0.5, 0.6) is 0 Å². The van der Waals surface area contributed by atoms with E-state index in [-0.39, 0.29) is 5.56 Å². The van der Waals surface area contributed by atoms with Crippen LogP contribution in [0.4, 0.5) is 20.2 Å². The highest BCUT2D eigenvalue weighted by atomic mass is 19.3. The molecule has 0 atom stereocenters. The Morgan fingerprint density at radius 1 is 1.39 bits per heavy atom. The predicted octanol–water partition coefficient (Wildman–Crippen LogP) is 2.55. The van der Waals surface area contributed by atoms with E-state index in [4.69, 9.17) is 5.73 Å². The lowest BCUT2D eigenvalue weighted by molar-refractivity contribution is 0.152. The van der Waals surface area contributed by atoms with Crippen molar-refractivity contribution in [2.75, 3.05) is 11.1 Å². The summed E-state index contributed by atoms with van der Waals surface area (Å²) in [4.78, 5) is 0. The largest absolute Gasteiger partial charge is 0.399 e. The molecule has 0 aliphatic heterocycles. The summed E-state index contributed by atoms with van der Waals surface area (Å²) < 4.78 is 27.4. The van der Waals surface area contributed by atoms with Gasteiger partial charge >= 0.3 is 0 Å². The van der Waals surface area contributed by atoms with E-state index in [0.29, 0.717) is 17.9 Å². The van der Waals surface area contributed by atoms with Gasteiger partial charge in [0.1, 0.15) is 0 Å². The highest BCUT2D eigenvalue weighted by Gasteiger charge is 2.13. The van der Waals surface area contributed by atoms with Crippen molar-refractivity contribution in [2.45, 2.75) is 13.0 Å². The SMILES string of the molecule is Cn1nccc1CNc1ccc(N)cc1C(F)F. The molecule has 1 heterocycles. The maximum atomic E-state index is 12.8. The zero-order valence-electron chi connectivity index (χ0n) is 9.90. The number of nitrogen functional groups attached to an aromatic ring is 1. The zero-order valence-corrected chi connectivity index (χ0v) is 9.90. The van der Waals surface area contributed by atoms with Gasteiger partial charge in [0.05, 0.1) is 12.2 Å². The lowest BCUT2D eigenvalue weighted by Gasteiger charge is -2.12. The summed E-state index contributed by atoms with van der Waals surface area (Å²) in [7, 11) is 1.80. The van der Waals surface area contributed by atoms with Crippen LogP contribution < -0.4 is 11.1 Å². The highest BCUT2D eigenvalue weighted by molar-refractivity contribution is 5.58. The predicted molar refractivity (Wildman–Crippen MR) is 66.3 cm³/mol. The molecule has 0 spiro atoms. The van der Waals surface area contributed by atoms with Crippen molar-refractivity contribution >= 4 is 11.4 Å². The van der Waals surface area contributed by atoms with E-state index in [9.17, 15) is 8.78 Å². The lowest BCUT2D eigenvalue weighted by atomic mass is 10.1. The first-order valence-electron chi connectivity index (χ1n) is 5.46. The minimum absolute atomic E-state index is 0.0860. The molecule has 0 aliphatic carbocycles. The van der Waals surface area contributed by atoms with E-state index in [1.807, 2.05) is 6.07 Å². The standard InChI is InChI=1S/C12H14F2N4/c1-18-9(4-5-17-18)7-16-11-3-2-8(15)6-10(11)12(13)14/h2-6,12,16H,7,15H2,1H3. The quantitative estimate of drug-likeness (QED) is 0.822. The Labute approximate surface area is 103 Å². The van der Waals surface area contributed by atoms with E-state index in [1.54, 1.807) is 30.1 Å². The number of alkyl halides is 2. The minimum Gasteiger partial charge on any atom is -0.399 e. The third-order valence-electron chi connectivity index (χ3n) is 2.69. The first-order valence-corrected chi connectivity index (χ1v) is 5.46. The summed E-state index contributed by atoms with van der Waals surface area (Å²) in [5.74, 6) is 0. The maximum absolute atomic E-state index is 12.8. The normalized spacial score (nSPS) is 10.9. The van der Waals surface area contributed by atoms with Crippen molar-refractivity contribution < 1.29 is 8.78 Å². The molecule has 0 unspecified atom stereocenters. The Morgan fingerprint density at radius 2 is 2.17 bits per heavy atom. The van der Waals surface area contributed by atoms with Crippen LogP contribution in [0.3, 0.4) is 0 Å². The zero-order chi connectivity index (χ0) is 13.1. The molecule has 0 amide bonds. The molecule has 0 radical (unpaired) electrons. The number of aromatic nitrogens is 2. The summed E-state index contributed by atoms with van der Waals surface area (Å²) in [6.45, 7) is 0.431. The average Bonchev–Trinajstić information content (AvgIpc) is 2.73. The Kier molecular flexibility index (Phi) is 3.45. The fourth-order valence-corrected chi connectivity index (χ4v) is 1.68. The number of halogens is 2. The fraction of sp³-hybridized carbons (Fsp3) is 0.250. The van der Waals surface area contributed by atoms with Gasteiger partial charge in [-0.1, -0.05) is 0 Å². The van der Waals surface area contributed by atoms with Gasteiger partial charge in [0.25, 0.3) is 6.43 Å². The van der Waals surface area contributed by atoms with Crippen LogP contribution in [-0.2, 0) is 13.6 Å². The van der Waals surface area contributed by atoms with E-state index in [0.717, 1.165) is 5.69 Å².